The minimum atomic E-state index is -0.374. The molecule has 0 spiro atoms. The molecule has 1 amide bonds. The molecule has 2 rings (SSSR count). The normalized spacial score (nSPS) is 19.4. The number of hydrogen-bond donors (Lipinski definition) is 1. The topological polar surface area (TPSA) is 89.9 Å². The van der Waals surface area contributed by atoms with E-state index < -0.39 is 0 Å². The lowest BCUT2D eigenvalue weighted by atomic mass is 10.2. The van der Waals surface area contributed by atoms with Crippen LogP contribution in [0.2, 0.25) is 0 Å². The van der Waals surface area contributed by atoms with Crippen molar-refractivity contribution in [1.29, 1.82) is 5.26 Å². The summed E-state index contributed by atoms with van der Waals surface area (Å²) in [5.41, 5.74) is -0.184. The maximum absolute atomic E-state index is 11.9. The van der Waals surface area contributed by atoms with E-state index in [1.54, 1.807) is 0 Å². The maximum Gasteiger partial charge on any atom is 0.275 e. The average Bonchev–Trinajstić information content (AvgIpc) is 2.77. The molecule has 0 aromatic carbocycles. The lowest BCUT2D eigenvalue weighted by molar-refractivity contribution is 0.0757. The summed E-state index contributed by atoms with van der Waals surface area (Å²) < 4.78 is 0. The zero-order valence-corrected chi connectivity index (χ0v) is 8.51. The Morgan fingerprint density at radius 1 is 1.62 bits per heavy atom. The smallest absolute Gasteiger partial charge is 0.275 e. The van der Waals surface area contributed by atoms with Crippen LogP contribution in [0.3, 0.4) is 0 Å². The Balaban J connectivity index is 2.22. The van der Waals surface area contributed by atoms with Gasteiger partial charge in [0, 0.05) is 12.6 Å². The van der Waals surface area contributed by atoms with Gasteiger partial charge in [-0.05, 0) is 18.9 Å². The minimum Gasteiger partial charge on any atom is -0.321 e. The number of hydrogen-bond acceptors (Lipinski definition) is 4. The van der Waals surface area contributed by atoms with E-state index in [9.17, 15) is 9.59 Å². The first-order chi connectivity index (χ1) is 7.72. The monoisotopic (exact) mass is 218 g/mol. The second-order valence-electron chi connectivity index (χ2n) is 3.59. The molecule has 6 heteroatoms. The van der Waals surface area contributed by atoms with Crippen molar-refractivity contribution < 1.29 is 4.79 Å². The standard InChI is InChI=1S/C10H10N4O2/c11-6-7-2-1-5-14(7)10(16)8-3-4-9(15)13-12-8/h3-4,7H,1-2,5H2,(H,13,15). The number of aromatic nitrogens is 2. The van der Waals surface area contributed by atoms with Gasteiger partial charge in [-0.3, -0.25) is 9.59 Å². The number of likely N-dealkylation sites (tertiary alicyclic amines) is 1. The molecule has 1 fully saturated rings. The molecule has 1 aromatic heterocycles. The fourth-order valence-corrected chi connectivity index (χ4v) is 1.75. The van der Waals surface area contributed by atoms with Crippen molar-refractivity contribution in [2.24, 2.45) is 0 Å². The van der Waals surface area contributed by atoms with Gasteiger partial charge in [0.25, 0.3) is 11.5 Å². The summed E-state index contributed by atoms with van der Waals surface area (Å²) in [6.07, 6.45) is 1.53. The molecular weight excluding hydrogens is 208 g/mol. The number of H-pyrrole nitrogens is 1. The van der Waals surface area contributed by atoms with Gasteiger partial charge in [0.1, 0.15) is 11.7 Å². The third-order valence-corrected chi connectivity index (χ3v) is 2.56. The number of aromatic amines is 1. The third-order valence-electron chi connectivity index (χ3n) is 2.56. The van der Waals surface area contributed by atoms with Gasteiger partial charge >= 0.3 is 0 Å². The van der Waals surface area contributed by atoms with Crippen molar-refractivity contribution in [3.05, 3.63) is 28.2 Å². The van der Waals surface area contributed by atoms with E-state index in [1.165, 1.54) is 17.0 Å². The zero-order chi connectivity index (χ0) is 11.5. The van der Waals surface area contributed by atoms with Gasteiger partial charge in [0.2, 0.25) is 0 Å². The lowest BCUT2D eigenvalue weighted by Gasteiger charge is -2.18. The van der Waals surface area contributed by atoms with Gasteiger partial charge in [0.15, 0.2) is 0 Å². The summed E-state index contributed by atoms with van der Waals surface area (Å²) in [5, 5.41) is 14.7. The Kier molecular flexibility index (Phi) is 2.68. The van der Waals surface area contributed by atoms with Crippen LogP contribution in [0.1, 0.15) is 23.3 Å². The molecule has 1 unspecified atom stereocenters. The molecule has 0 bridgehead atoms. The fourth-order valence-electron chi connectivity index (χ4n) is 1.75. The van der Waals surface area contributed by atoms with Crippen molar-refractivity contribution in [3.63, 3.8) is 0 Å². The van der Waals surface area contributed by atoms with Crippen LogP contribution in [-0.2, 0) is 0 Å². The van der Waals surface area contributed by atoms with Gasteiger partial charge in [-0.25, -0.2) is 5.10 Å². The van der Waals surface area contributed by atoms with E-state index in [1.807, 2.05) is 0 Å². The van der Waals surface area contributed by atoms with Gasteiger partial charge < -0.3 is 4.90 Å². The summed E-state index contributed by atoms with van der Waals surface area (Å²) >= 11 is 0. The molecule has 1 aliphatic rings. The highest BCUT2D eigenvalue weighted by Crippen LogP contribution is 2.18. The molecule has 16 heavy (non-hydrogen) atoms. The van der Waals surface area contributed by atoms with Crippen LogP contribution in [-0.4, -0.2) is 33.6 Å². The van der Waals surface area contributed by atoms with E-state index in [0.717, 1.165) is 6.42 Å². The molecule has 0 radical (unpaired) electrons. The first kappa shape index (κ1) is 10.4. The Hall–Kier alpha value is -2.16. The summed E-state index contributed by atoms with van der Waals surface area (Å²) in [4.78, 5) is 24.2. The number of carbonyl (C=O) groups excluding carboxylic acids is 1. The highest BCUT2D eigenvalue weighted by molar-refractivity contribution is 5.92. The molecule has 1 aromatic rings. The SMILES string of the molecule is N#CC1CCCN1C(=O)c1ccc(=O)[nH]n1. The molecule has 2 heterocycles. The largest absolute Gasteiger partial charge is 0.321 e. The van der Waals surface area contributed by atoms with Crippen LogP contribution in [0.25, 0.3) is 0 Å². The Labute approximate surface area is 91.5 Å². The number of amides is 1. The first-order valence-electron chi connectivity index (χ1n) is 4.98. The van der Waals surface area contributed by atoms with Crippen molar-refractivity contribution >= 4 is 5.91 Å². The van der Waals surface area contributed by atoms with Gasteiger partial charge in [0.05, 0.1) is 6.07 Å². The molecule has 1 saturated heterocycles. The molecule has 1 aliphatic heterocycles. The second-order valence-corrected chi connectivity index (χ2v) is 3.59. The van der Waals surface area contributed by atoms with Crippen LogP contribution < -0.4 is 5.56 Å². The Morgan fingerprint density at radius 3 is 3.06 bits per heavy atom. The van der Waals surface area contributed by atoms with Crippen LogP contribution in [0.5, 0.6) is 0 Å². The summed E-state index contributed by atoms with van der Waals surface area (Å²) in [7, 11) is 0. The maximum atomic E-state index is 11.9. The lowest BCUT2D eigenvalue weighted by Crippen LogP contribution is -2.35. The van der Waals surface area contributed by atoms with E-state index in [0.29, 0.717) is 13.0 Å². The van der Waals surface area contributed by atoms with Gasteiger partial charge in [-0.1, -0.05) is 0 Å². The summed E-state index contributed by atoms with van der Waals surface area (Å²) in [5.74, 6) is -0.305. The van der Waals surface area contributed by atoms with Crippen LogP contribution in [0.15, 0.2) is 16.9 Å². The second kappa shape index (κ2) is 4.14. The highest BCUT2D eigenvalue weighted by atomic mass is 16.2. The number of rotatable bonds is 1. The van der Waals surface area contributed by atoms with E-state index in [4.69, 9.17) is 5.26 Å². The summed E-state index contributed by atoms with van der Waals surface area (Å²) in [6.45, 7) is 0.567. The average molecular weight is 218 g/mol. The molecular formula is C10H10N4O2. The summed E-state index contributed by atoms with van der Waals surface area (Å²) in [6, 6.07) is 4.32. The van der Waals surface area contributed by atoms with Crippen LogP contribution in [0, 0.1) is 11.3 Å². The third kappa shape index (κ3) is 1.80. The van der Waals surface area contributed by atoms with Crippen molar-refractivity contribution in [2.45, 2.75) is 18.9 Å². The molecule has 1 atom stereocenters. The minimum absolute atomic E-state index is 0.168. The molecule has 1 N–H and O–H groups in total. The van der Waals surface area contributed by atoms with Gasteiger partial charge in [-0.2, -0.15) is 10.4 Å². The Bertz CT molecular complexity index is 482. The van der Waals surface area contributed by atoms with E-state index in [2.05, 4.69) is 16.3 Å². The highest BCUT2D eigenvalue weighted by Gasteiger charge is 2.29. The van der Waals surface area contributed by atoms with E-state index in [-0.39, 0.29) is 23.2 Å². The van der Waals surface area contributed by atoms with Crippen molar-refractivity contribution in [3.8, 4) is 6.07 Å². The van der Waals surface area contributed by atoms with Crippen LogP contribution >= 0.6 is 0 Å². The Morgan fingerprint density at radius 2 is 2.44 bits per heavy atom. The molecule has 0 saturated carbocycles. The molecule has 0 aliphatic carbocycles. The van der Waals surface area contributed by atoms with Gasteiger partial charge in [-0.15, -0.1) is 0 Å². The van der Waals surface area contributed by atoms with Crippen molar-refractivity contribution in [2.75, 3.05) is 6.54 Å². The van der Waals surface area contributed by atoms with Crippen molar-refractivity contribution in [1.82, 2.24) is 15.1 Å². The quantitative estimate of drug-likeness (QED) is 0.712. The number of nitrogens with one attached hydrogen (secondary N) is 1. The molecule has 6 nitrogen and oxygen atoms in total. The zero-order valence-electron chi connectivity index (χ0n) is 8.51. The van der Waals surface area contributed by atoms with Crippen LogP contribution in [0.4, 0.5) is 0 Å². The molecule has 82 valence electrons. The number of carbonyl (C=O) groups is 1. The fraction of sp³-hybridized carbons (Fsp3) is 0.400. The first-order valence-corrected chi connectivity index (χ1v) is 4.98. The predicted molar refractivity (Wildman–Crippen MR) is 54.5 cm³/mol. The number of nitrogens with zero attached hydrogens (tertiary/aromatic N) is 3. The van der Waals surface area contributed by atoms with E-state index >= 15 is 0 Å². The predicted octanol–water partition coefficient (Wildman–Crippen LogP) is -0.102. The number of nitriles is 1.